The van der Waals surface area contributed by atoms with Gasteiger partial charge in [-0.05, 0) is 76.5 Å². The van der Waals surface area contributed by atoms with Crippen molar-refractivity contribution in [1.29, 1.82) is 5.26 Å². The van der Waals surface area contributed by atoms with Crippen LogP contribution in [0.1, 0.15) is 29.7 Å². The minimum absolute atomic E-state index is 0.0605. The second-order valence-corrected chi connectivity index (χ2v) is 8.01. The largest absolute Gasteiger partial charge is 0.489 e. The molecule has 0 aliphatic rings. The monoisotopic (exact) mass is 508 g/mol. The van der Waals surface area contributed by atoms with E-state index in [4.69, 9.17) is 4.74 Å². The number of halogens is 1. The Morgan fingerprint density at radius 1 is 1.07 bits per heavy atom. The maximum atomic E-state index is 12.5. The zero-order valence-electron chi connectivity index (χ0n) is 16.5. The molecule has 3 aromatic carbocycles. The summed E-state index contributed by atoms with van der Waals surface area (Å²) in [6.07, 6.45) is 1.58. The van der Waals surface area contributed by atoms with E-state index in [1.54, 1.807) is 6.08 Å². The van der Waals surface area contributed by atoms with Gasteiger partial charge in [-0.3, -0.25) is 4.79 Å². The molecule has 0 saturated heterocycles. The van der Waals surface area contributed by atoms with E-state index in [1.165, 1.54) is 3.57 Å². The SMILES string of the molecule is C[C@H](NC(=O)/C(C#N)=C\c1ccc(OCc2ccc(I)cc2)cc1)c1ccccc1. The fourth-order valence-electron chi connectivity index (χ4n) is 2.82. The predicted octanol–water partition coefficient (Wildman–Crippen LogP) is 5.65. The van der Waals surface area contributed by atoms with Gasteiger partial charge < -0.3 is 10.1 Å². The predicted molar refractivity (Wildman–Crippen MR) is 127 cm³/mol. The van der Waals surface area contributed by atoms with Crippen LogP contribution in [0.25, 0.3) is 6.08 Å². The number of nitriles is 1. The molecule has 0 saturated carbocycles. The Bertz CT molecular complexity index is 1050. The van der Waals surface area contributed by atoms with E-state index in [0.717, 1.165) is 22.4 Å². The highest BCUT2D eigenvalue weighted by Crippen LogP contribution is 2.18. The van der Waals surface area contributed by atoms with Crippen molar-refractivity contribution in [2.45, 2.75) is 19.6 Å². The molecular weight excluding hydrogens is 487 g/mol. The van der Waals surface area contributed by atoms with Crippen LogP contribution in [-0.4, -0.2) is 5.91 Å². The van der Waals surface area contributed by atoms with Crippen molar-refractivity contribution < 1.29 is 9.53 Å². The maximum Gasteiger partial charge on any atom is 0.262 e. The van der Waals surface area contributed by atoms with Crippen LogP contribution in [0.5, 0.6) is 5.75 Å². The van der Waals surface area contributed by atoms with Crippen LogP contribution in [0.4, 0.5) is 0 Å². The van der Waals surface area contributed by atoms with Crippen LogP contribution in [0, 0.1) is 14.9 Å². The van der Waals surface area contributed by atoms with E-state index in [0.29, 0.717) is 6.61 Å². The highest BCUT2D eigenvalue weighted by atomic mass is 127. The number of nitrogens with zero attached hydrogens (tertiary/aromatic N) is 1. The number of hydrogen-bond donors (Lipinski definition) is 1. The molecule has 0 aromatic heterocycles. The Balaban J connectivity index is 1.61. The Hall–Kier alpha value is -3.11. The molecular formula is C25H21IN2O2. The summed E-state index contributed by atoms with van der Waals surface area (Å²) in [6.45, 7) is 2.37. The number of amides is 1. The van der Waals surface area contributed by atoms with Gasteiger partial charge in [0, 0.05) is 3.57 Å². The summed E-state index contributed by atoms with van der Waals surface area (Å²) in [6, 6.07) is 26.9. The average molecular weight is 508 g/mol. The first-order valence-electron chi connectivity index (χ1n) is 9.50. The normalized spacial score (nSPS) is 12.0. The molecule has 0 bridgehead atoms. The first kappa shape index (κ1) is 21.6. The van der Waals surface area contributed by atoms with Gasteiger partial charge in [0.1, 0.15) is 24.0 Å². The number of hydrogen-bond acceptors (Lipinski definition) is 3. The smallest absolute Gasteiger partial charge is 0.262 e. The minimum atomic E-state index is -0.395. The molecule has 4 nitrogen and oxygen atoms in total. The quantitative estimate of drug-likeness (QED) is 0.255. The molecule has 5 heteroatoms. The van der Waals surface area contributed by atoms with E-state index in [1.807, 2.05) is 91.9 Å². The number of benzene rings is 3. The van der Waals surface area contributed by atoms with Gasteiger partial charge in [-0.15, -0.1) is 0 Å². The summed E-state index contributed by atoms with van der Waals surface area (Å²) in [7, 11) is 0. The zero-order chi connectivity index (χ0) is 21.3. The summed E-state index contributed by atoms with van der Waals surface area (Å²) in [4.78, 5) is 12.5. The van der Waals surface area contributed by atoms with Gasteiger partial charge in [0.2, 0.25) is 0 Å². The number of nitrogens with one attached hydrogen (secondary N) is 1. The Morgan fingerprint density at radius 2 is 1.73 bits per heavy atom. The molecule has 0 unspecified atom stereocenters. The lowest BCUT2D eigenvalue weighted by atomic mass is 10.1. The molecule has 0 aliphatic heterocycles. The fraction of sp³-hybridized carbons (Fsp3) is 0.120. The molecule has 0 aliphatic carbocycles. The summed E-state index contributed by atoms with van der Waals surface area (Å²) in [5, 5.41) is 12.3. The summed E-state index contributed by atoms with van der Waals surface area (Å²) in [5.74, 6) is 0.333. The third-order valence-electron chi connectivity index (χ3n) is 4.52. The van der Waals surface area contributed by atoms with Gasteiger partial charge in [-0.1, -0.05) is 54.6 Å². The van der Waals surface area contributed by atoms with Crippen molar-refractivity contribution in [2.75, 3.05) is 0 Å². The summed E-state index contributed by atoms with van der Waals surface area (Å²) >= 11 is 2.27. The fourth-order valence-corrected chi connectivity index (χ4v) is 3.18. The third kappa shape index (κ3) is 6.19. The number of ether oxygens (including phenoxy) is 1. The number of carbonyl (C=O) groups is 1. The van der Waals surface area contributed by atoms with Gasteiger partial charge in [0.05, 0.1) is 6.04 Å². The lowest BCUT2D eigenvalue weighted by molar-refractivity contribution is -0.117. The number of carbonyl (C=O) groups excluding carboxylic acids is 1. The molecule has 0 spiro atoms. The molecule has 3 aromatic rings. The van der Waals surface area contributed by atoms with Crippen LogP contribution in [0.15, 0.2) is 84.4 Å². The van der Waals surface area contributed by atoms with Crippen LogP contribution in [0.2, 0.25) is 0 Å². The molecule has 1 atom stereocenters. The zero-order valence-corrected chi connectivity index (χ0v) is 18.7. The summed E-state index contributed by atoms with van der Waals surface area (Å²) in [5.41, 5.74) is 2.90. The second-order valence-electron chi connectivity index (χ2n) is 6.76. The van der Waals surface area contributed by atoms with Crippen LogP contribution in [-0.2, 0) is 11.4 Å². The first-order valence-corrected chi connectivity index (χ1v) is 10.6. The third-order valence-corrected chi connectivity index (χ3v) is 5.24. The van der Waals surface area contributed by atoms with E-state index < -0.39 is 5.91 Å². The Kier molecular flexibility index (Phi) is 7.63. The lowest BCUT2D eigenvalue weighted by Crippen LogP contribution is -2.27. The molecule has 0 heterocycles. The molecule has 150 valence electrons. The van der Waals surface area contributed by atoms with Crippen molar-refractivity contribution in [2.24, 2.45) is 0 Å². The lowest BCUT2D eigenvalue weighted by Gasteiger charge is -2.13. The van der Waals surface area contributed by atoms with Gasteiger partial charge in [0.25, 0.3) is 5.91 Å². The Morgan fingerprint density at radius 3 is 2.37 bits per heavy atom. The molecule has 1 amide bonds. The standard InChI is InChI=1S/C25H21IN2O2/c1-18(21-5-3-2-4-6-21)28-25(29)22(16-27)15-19-9-13-24(14-10-19)30-17-20-7-11-23(26)12-8-20/h2-15,18H,17H2,1H3,(H,28,29)/b22-15-/t18-/m0/s1. The summed E-state index contributed by atoms with van der Waals surface area (Å²) < 4.78 is 6.98. The number of rotatable bonds is 7. The van der Waals surface area contributed by atoms with E-state index in [2.05, 4.69) is 27.9 Å². The topological polar surface area (TPSA) is 62.1 Å². The van der Waals surface area contributed by atoms with E-state index in [-0.39, 0.29) is 11.6 Å². The van der Waals surface area contributed by atoms with Crippen molar-refractivity contribution >= 4 is 34.6 Å². The molecule has 3 rings (SSSR count). The first-order chi connectivity index (χ1) is 14.5. The highest BCUT2D eigenvalue weighted by Gasteiger charge is 2.13. The average Bonchev–Trinajstić information content (AvgIpc) is 2.78. The molecule has 0 fully saturated rings. The van der Waals surface area contributed by atoms with E-state index in [9.17, 15) is 10.1 Å². The van der Waals surface area contributed by atoms with Gasteiger partial charge in [-0.2, -0.15) is 5.26 Å². The maximum absolute atomic E-state index is 12.5. The molecule has 1 N–H and O–H groups in total. The van der Waals surface area contributed by atoms with Crippen molar-refractivity contribution in [1.82, 2.24) is 5.32 Å². The van der Waals surface area contributed by atoms with Crippen LogP contribution in [0.3, 0.4) is 0 Å². The Labute approximate surface area is 190 Å². The van der Waals surface area contributed by atoms with Crippen molar-refractivity contribution in [3.05, 3.63) is 105 Å². The van der Waals surface area contributed by atoms with Crippen LogP contribution >= 0.6 is 22.6 Å². The van der Waals surface area contributed by atoms with E-state index >= 15 is 0 Å². The van der Waals surface area contributed by atoms with Crippen molar-refractivity contribution in [3.8, 4) is 11.8 Å². The molecule has 30 heavy (non-hydrogen) atoms. The minimum Gasteiger partial charge on any atom is -0.489 e. The molecule has 0 radical (unpaired) electrons. The van der Waals surface area contributed by atoms with Crippen molar-refractivity contribution in [3.63, 3.8) is 0 Å². The second kappa shape index (κ2) is 10.6. The van der Waals surface area contributed by atoms with Gasteiger partial charge >= 0.3 is 0 Å². The van der Waals surface area contributed by atoms with Crippen LogP contribution < -0.4 is 10.1 Å². The van der Waals surface area contributed by atoms with Gasteiger partial charge in [0.15, 0.2) is 0 Å². The van der Waals surface area contributed by atoms with Gasteiger partial charge in [-0.25, -0.2) is 0 Å². The highest BCUT2D eigenvalue weighted by molar-refractivity contribution is 14.1.